The maximum Gasteiger partial charge on any atom is 0.242 e. The summed E-state index contributed by atoms with van der Waals surface area (Å²) in [6, 6.07) is 14.0. The summed E-state index contributed by atoms with van der Waals surface area (Å²) in [5.74, 6) is 0.768. The summed E-state index contributed by atoms with van der Waals surface area (Å²) >= 11 is 12.3. The zero-order chi connectivity index (χ0) is 22.8. The maximum atomic E-state index is 13.0. The van der Waals surface area contributed by atoms with E-state index in [4.69, 9.17) is 27.9 Å². The second-order valence-electron chi connectivity index (χ2n) is 7.84. The van der Waals surface area contributed by atoms with Gasteiger partial charge in [-0.05, 0) is 49.1 Å². The molecule has 0 unspecified atom stereocenters. The van der Waals surface area contributed by atoms with Crippen molar-refractivity contribution < 1.29 is 14.3 Å². The zero-order valence-corrected chi connectivity index (χ0v) is 19.7. The fourth-order valence-electron chi connectivity index (χ4n) is 2.94. The van der Waals surface area contributed by atoms with Gasteiger partial charge in [-0.1, -0.05) is 61.3 Å². The molecule has 168 valence electrons. The van der Waals surface area contributed by atoms with Crippen molar-refractivity contribution >= 4 is 35.0 Å². The zero-order valence-electron chi connectivity index (χ0n) is 18.2. The molecule has 0 radical (unpaired) electrons. The average molecular weight is 465 g/mol. The number of carbonyl (C=O) groups is 2. The van der Waals surface area contributed by atoms with Crippen LogP contribution in [0.5, 0.6) is 5.75 Å². The Bertz CT molecular complexity index is 859. The van der Waals surface area contributed by atoms with Gasteiger partial charge in [-0.3, -0.25) is 9.59 Å². The molecule has 0 aliphatic heterocycles. The lowest BCUT2D eigenvalue weighted by Crippen LogP contribution is -2.48. The number of para-hydroxylation sites is 1. The summed E-state index contributed by atoms with van der Waals surface area (Å²) in [5, 5.41) is 3.89. The van der Waals surface area contributed by atoms with Gasteiger partial charge in [0.2, 0.25) is 11.8 Å². The smallest absolute Gasteiger partial charge is 0.242 e. The van der Waals surface area contributed by atoms with Gasteiger partial charge in [0.1, 0.15) is 11.8 Å². The molecule has 0 heterocycles. The molecule has 0 aliphatic carbocycles. The van der Waals surface area contributed by atoms with Gasteiger partial charge < -0.3 is 15.0 Å². The van der Waals surface area contributed by atoms with Crippen molar-refractivity contribution in [2.45, 2.75) is 46.2 Å². The standard InChI is InChI=1S/C24H30Cl2N2O3/c1-17(2)15-27-24(30)18(3)28(16-19-11-12-20(25)14-22(19)26)23(29)10-7-13-31-21-8-5-4-6-9-21/h4-6,8-9,11-12,14,17-18H,7,10,13,15-16H2,1-3H3,(H,27,30)/t18-/m1/s1. The molecular weight excluding hydrogens is 435 g/mol. The number of halogens is 2. The third kappa shape index (κ3) is 8.42. The molecule has 2 aromatic carbocycles. The largest absolute Gasteiger partial charge is 0.494 e. The van der Waals surface area contributed by atoms with E-state index in [0.717, 1.165) is 11.3 Å². The Kier molecular flexibility index (Phi) is 10.2. The second-order valence-corrected chi connectivity index (χ2v) is 8.68. The molecule has 2 aromatic rings. The Labute approximate surface area is 194 Å². The predicted molar refractivity (Wildman–Crippen MR) is 125 cm³/mol. The number of nitrogens with zero attached hydrogens (tertiary/aromatic N) is 1. The molecule has 0 aromatic heterocycles. The molecule has 1 N–H and O–H groups in total. The van der Waals surface area contributed by atoms with Crippen LogP contribution in [-0.4, -0.2) is 35.9 Å². The second kappa shape index (κ2) is 12.6. The van der Waals surface area contributed by atoms with Crippen molar-refractivity contribution in [3.05, 3.63) is 64.1 Å². The molecule has 2 amide bonds. The molecular formula is C24H30Cl2N2O3. The molecule has 0 spiro atoms. The van der Waals surface area contributed by atoms with Crippen LogP contribution in [0.2, 0.25) is 10.0 Å². The highest BCUT2D eigenvalue weighted by atomic mass is 35.5. The van der Waals surface area contributed by atoms with Crippen molar-refractivity contribution in [2.75, 3.05) is 13.2 Å². The number of benzene rings is 2. The molecule has 7 heteroatoms. The first-order valence-corrected chi connectivity index (χ1v) is 11.2. The van der Waals surface area contributed by atoms with E-state index in [0.29, 0.717) is 35.5 Å². The Balaban J connectivity index is 2.04. The monoisotopic (exact) mass is 464 g/mol. The highest BCUT2D eigenvalue weighted by Gasteiger charge is 2.26. The lowest BCUT2D eigenvalue weighted by molar-refractivity contribution is -0.140. The quantitative estimate of drug-likeness (QED) is 0.456. The van der Waals surface area contributed by atoms with Crippen LogP contribution in [0, 0.1) is 5.92 Å². The predicted octanol–water partition coefficient (Wildman–Crippen LogP) is 5.34. The maximum absolute atomic E-state index is 13.0. The summed E-state index contributed by atoms with van der Waals surface area (Å²) in [5.41, 5.74) is 0.739. The van der Waals surface area contributed by atoms with Gasteiger partial charge in [0.05, 0.1) is 6.61 Å². The van der Waals surface area contributed by atoms with Gasteiger partial charge in [-0.2, -0.15) is 0 Å². The number of rotatable bonds is 11. The number of hydrogen-bond donors (Lipinski definition) is 1. The van der Waals surface area contributed by atoms with Crippen molar-refractivity contribution in [2.24, 2.45) is 5.92 Å². The number of hydrogen-bond acceptors (Lipinski definition) is 3. The SMILES string of the molecule is CC(C)CNC(=O)[C@@H](C)N(Cc1ccc(Cl)cc1Cl)C(=O)CCCOc1ccccc1. The van der Waals surface area contributed by atoms with Crippen LogP contribution >= 0.6 is 23.2 Å². The van der Waals surface area contributed by atoms with Crippen LogP contribution in [-0.2, 0) is 16.1 Å². The summed E-state index contributed by atoms with van der Waals surface area (Å²) in [7, 11) is 0. The van der Waals surface area contributed by atoms with Crippen molar-refractivity contribution in [3.63, 3.8) is 0 Å². The van der Waals surface area contributed by atoms with Gasteiger partial charge >= 0.3 is 0 Å². The van der Waals surface area contributed by atoms with Crippen molar-refractivity contribution in [3.8, 4) is 5.75 Å². The Morgan fingerprint density at radius 1 is 1.06 bits per heavy atom. The molecule has 0 bridgehead atoms. The summed E-state index contributed by atoms with van der Waals surface area (Å²) in [6.07, 6.45) is 0.804. The van der Waals surface area contributed by atoms with Crippen molar-refractivity contribution in [1.82, 2.24) is 10.2 Å². The first kappa shape index (κ1) is 25.0. The number of amides is 2. The average Bonchev–Trinajstić information content (AvgIpc) is 2.74. The third-order valence-electron chi connectivity index (χ3n) is 4.75. The van der Waals surface area contributed by atoms with Gasteiger partial charge in [-0.25, -0.2) is 0 Å². The lowest BCUT2D eigenvalue weighted by atomic mass is 10.1. The molecule has 0 saturated heterocycles. The number of ether oxygens (including phenoxy) is 1. The van der Waals surface area contributed by atoms with Gasteiger partial charge in [0, 0.05) is 29.6 Å². The highest BCUT2D eigenvalue weighted by molar-refractivity contribution is 6.35. The minimum Gasteiger partial charge on any atom is -0.494 e. The molecule has 0 fully saturated rings. The fraction of sp³-hybridized carbons (Fsp3) is 0.417. The highest BCUT2D eigenvalue weighted by Crippen LogP contribution is 2.23. The molecule has 2 rings (SSSR count). The first-order chi connectivity index (χ1) is 14.8. The van der Waals surface area contributed by atoms with Gasteiger partial charge in [-0.15, -0.1) is 0 Å². The van der Waals surface area contributed by atoms with E-state index < -0.39 is 6.04 Å². The van der Waals surface area contributed by atoms with Crippen LogP contribution in [0.1, 0.15) is 39.2 Å². The van der Waals surface area contributed by atoms with E-state index in [1.165, 1.54) is 0 Å². The molecule has 1 atom stereocenters. The van der Waals surface area contributed by atoms with Crippen LogP contribution < -0.4 is 10.1 Å². The summed E-state index contributed by atoms with van der Waals surface area (Å²) in [6.45, 7) is 6.97. The van der Waals surface area contributed by atoms with E-state index in [1.807, 2.05) is 44.2 Å². The van der Waals surface area contributed by atoms with E-state index in [2.05, 4.69) is 5.32 Å². The molecule has 5 nitrogen and oxygen atoms in total. The van der Waals surface area contributed by atoms with Crippen LogP contribution in [0.25, 0.3) is 0 Å². The first-order valence-electron chi connectivity index (χ1n) is 10.5. The topological polar surface area (TPSA) is 58.6 Å². The summed E-state index contributed by atoms with van der Waals surface area (Å²) < 4.78 is 5.67. The lowest BCUT2D eigenvalue weighted by Gasteiger charge is -2.29. The van der Waals surface area contributed by atoms with E-state index in [9.17, 15) is 9.59 Å². The Hall–Kier alpha value is -2.24. The minimum atomic E-state index is -0.631. The molecule has 31 heavy (non-hydrogen) atoms. The van der Waals surface area contributed by atoms with E-state index >= 15 is 0 Å². The molecule has 0 aliphatic rings. The molecule has 0 saturated carbocycles. The van der Waals surface area contributed by atoms with Crippen LogP contribution in [0.4, 0.5) is 0 Å². The van der Waals surface area contributed by atoms with E-state index in [-0.39, 0.29) is 24.8 Å². The van der Waals surface area contributed by atoms with Crippen LogP contribution in [0.15, 0.2) is 48.5 Å². The fourth-order valence-corrected chi connectivity index (χ4v) is 3.41. The third-order valence-corrected chi connectivity index (χ3v) is 5.34. The Morgan fingerprint density at radius 3 is 2.42 bits per heavy atom. The van der Waals surface area contributed by atoms with Crippen LogP contribution in [0.3, 0.4) is 0 Å². The minimum absolute atomic E-state index is 0.130. The van der Waals surface area contributed by atoms with Crippen molar-refractivity contribution in [1.29, 1.82) is 0 Å². The summed E-state index contributed by atoms with van der Waals surface area (Å²) in [4.78, 5) is 27.3. The normalized spacial score (nSPS) is 11.8. The number of carbonyl (C=O) groups excluding carboxylic acids is 2. The van der Waals surface area contributed by atoms with Gasteiger partial charge in [0.15, 0.2) is 0 Å². The van der Waals surface area contributed by atoms with Gasteiger partial charge in [0.25, 0.3) is 0 Å². The Morgan fingerprint density at radius 2 is 1.77 bits per heavy atom. The van der Waals surface area contributed by atoms with E-state index in [1.54, 1.807) is 30.0 Å². The number of nitrogens with one attached hydrogen (secondary N) is 1.